The predicted octanol–water partition coefficient (Wildman–Crippen LogP) is 2.29. The molecule has 0 unspecified atom stereocenters. The van der Waals surface area contributed by atoms with Crippen LogP contribution in [0.4, 0.5) is 5.95 Å². The summed E-state index contributed by atoms with van der Waals surface area (Å²) in [5.41, 5.74) is 1.58. The standard InChI is InChI=1S/C11H10ClN5O/c1-7-4-9(18-16-7)5-13-11-14-10-3-2-8(12)6-17(10)15-11/h2-4,6H,5H2,1H3,(H,13,15). The second-order valence-corrected chi connectivity index (χ2v) is 4.31. The van der Waals surface area contributed by atoms with E-state index in [2.05, 4.69) is 20.6 Å². The molecule has 92 valence electrons. The summed E-state index contributed by atoms with van der Waals surface area (Å²) in [6.07, 6.45) is 1.70. The van der Waals surface area contributed by atoms with Crippen molar-refractivity contribution in [2.75, 3.05) is 5.32 Å². The van der Waals surface area contributed by atoms with Crippen molar-refractivity contribution in [2.45, 2.75) is 13.5 Å². The maximum Gasteiger partial charge on any atom is 0.243 e. The molecule has 0 radical (unpaired) electrons. The van der Waals surface area contributed by atoms with E-state index >= 15 is 0 Å². The highest BCUT2D eigenvalue weighted by Crippen LogP contribution is 2.12. The van der Waals surface area contributed by atoms with Gasteiger partial charge in [0.15, 0.2) is 11.4 Å². The van der Waals surface area contributed by atoms with Gasteiger partial charge in [-0.25, -0.2) is 4.52 Å². The number of hydrogen-bond donors (Lipinski definition) is 1. The molecule has 0 aromatic carbocycles. The van der Waals surface area contributed by atoms with Gasteiger partial charge in [-0.05, 0) is 19.1 Å². The van der Waals surface area contributed by atoms with Crippen LogP contribution in [0.3, 0.4) is 0 Å². The summed E-state index contributed by atoms with van der Waals surface area (Å²) in [5.74, 6) is 1.26. The van der Waals surface area contributed by atoms with Gasteiger partial charge in [0.1, 0.15) is 0 Å². The van der Waals surface area contributed by atoms with E-state index in [9.17, 15) is 0 Å². The van der Waals surface area contributed by atoms with Crippen molar-refractivity contribution in [3.8, 4) is 0 Å². The van der Waals surface area contributed by atoms with Crippen molar-refractivity contribution >= 4 is 23.2 Å². The molecule has 0 saturated heterocycles. The third kappa shape index (κ3) is 2.14. The van der Waals surface area contributed by atoms with Crippen LogP contribution in [0, 0.1) is 6.92 Å². The van der Waals surface area contributed by atoms with Gasteiger partial charge in [-0.1, -0.05) is 16.8 Å². The highest BCUT2D eigenvalue weighted by atomic mass is 35.5. The number of pyridine rings is 1. The van der Waals surface area contributed by atoms with E-state index in [0.29, 0.717) is 17.5 Å². The Kier molecular flexibility index (Phi) is 2.64. The molecular formula is C11H10ClN5O. The quantitative estimate of drug-likeness (QED) is 0.785. The molecule has 1 N–H and O–H groups in total. The van der Waals surface area contributed by atoms with E-state index in [0.717, 1.165) is 17.1 Å². The number of nitrogens with one attached hydrogen (secondary N) is 1. The first-order valence-electron chi connectivity index (χ1n) is 5.39. The molecule has 3 aromatic heterocycles. The Labute approximate surface area is 108 Å². The van der Waals surface area contributed by atoms with E-state index in [1.807, 2.05) is 13.0 Å². The first-order chi connectivity index (χ1) is 8.70. The number of anilines is 1. The minimum atomic E-state index is 0.492. The van der Waals surface area contributed by atoms with Gasteiger partial charge >= 0.3 is 0 Å². The van der Waals surface area contributed by atoms with Crippen molar-refractivity contribution in [2.24, 2.45) is 0 Å². The number of nitrogens with zero attached hydrogens (tertiary/aromatic N) is 4. The van der Waals surface area contributed by atoms with Crippen LogP contribution in [0.1, 0.15) is 11.5 Å². The molecule has 0 atom stereocenters. The molecule has 3 aromatic rings. The van der Waals surface area contributed by atoms with Crippen molar-refractivity contribution in [1.82, 2.24) is 19.8 Å². The average molecular weight is 264 g/mol. The zero-order valence-corrected chi connectivity index (χ0v) is 10.3. The number of halogens is 1. The third-order valence-electron chi connectivity index (χ3n) is 2.39. The third-order valence-corrected chi connectivity index (χ3v) is 2.62. The van der Waals surface area contributed by atoms with Crippen molar-refractivity contribution < 1.29 is 4.52 Å². The monoisotopic (exact) mass is 263 g/mol. The zero-order chi connectivity index (χ0) is 12.5. The second-order valence-electron chi connectivity index (χ2n) is 3.87. The van der Waals surface area contributed by atoms with Gasteiger partial charge < -0.3 is 9.84 Å². The molecule has 3 heterocycles. The van der Waals surface area contributed by atoms with E-state index in [-0.39, 0.29) is 0 Å². The maximum absolute atomic E-state index is 5.87. The molecule has 7 heteroatoms. The first kappa shape index (κ1) is 11.0. The summed E-state index contributed by atoms with van der Waals surface area (Å²) in [6.45, 7) is 2.36. The summed E-state index contributed by atoms with van der Waals surface area (Å²) in [5, 5.41) is 11.7. The number of rotatable bonds is 3. The Balaban J connectivity index is 1.78. The van der Waals surface area contributed by atoms with E-state index < -0.39 is 0 Å². The molecular weight excluding hydrogens is 254 g/mol. The van der Waals surface area contributed by atoms with Crippen LogP contribution in [0.15, 0.2) is 28.9 Å². The SMILES string of the molecule is Cc1cc(CNc2nc3ccc(Cl)cn3n2)on1. The first-order valence-corrected chi connectivity index (χ1v) is 5.76. The highest BCUT2D eigenvalue weighted by Gasteiger charge is 2.05. The van der Waals surface area contributed by atoms with Gasteiger partial charge in [0.2, 0.25) is 5.95 Å². The summed E-state index contributed by atoms with van der Waals surface area (Å²) in [4.78, 5) is 4.30. The second kappa shape index (κ2) is 4.30. The van der Waals surface area contributed by atoms with E-state index in [1.165, 1.54) is 0 Å². The summed E-state index contributed by atoms with van der Waals surface area (Å²) in [6, 6.07) is 5.44. The number of aryl methyl sites for hydroxylation is 1. The normalized spacial score (nSPS) is 11.0. The largest absolute Gasteiger partial charge is 0.359 e. The zero-order valence-electron chi connectivity index (χ0n) is 9.59. The van der Waals surface area contributed by atoms with Gasteiger partial charge in [0.25, 0.3) is 0 Å². The maximum atomic E-state index is 5.87. The lowest BCUT2D eigenvalue weighted by Gasteiger charge is -1.95. The lowest BCUT2D eigenvalue weighted by Crippen LogP contribution is -2.00. The Morgan fingerprint density at radius 3 is 3.11 bits per heavy atom. The molecule has 0 aliphatic carbocycles. The van der Waals surface area contributed by atoms with Gasteiger partial charge in [0, 0.05) is 12.3 Å². The van der Waals surface area contributed by atoms with E-state index in [1.54, 1.807) is 22.8 Å². The van der Waals surface area contributed by atoms with Crippen LogP contribution in [0.2, 0.25) is 5.02 Å². The van der Waals surface area contributed by atoms with Gasteiger partial charge in [-0.3, -0.25) is 0 Å². The van der Waals surface area contributed by atoms with Crippen molar-refractivity contribution in [3.63, 3.8) is 0 Å². The van der Waals surface area contributed by atoms with Crippen molar-refractivity contribution in [3.05, 3.63) is 40.9 Å². The molecule has 0 fully saturated rings. The summed E-state index contributed by atoms with van der Waals surface area (Å²) in [7, 11) is 0. The Morgan fingerprint density at radius 2 is 2.33 bits per heavy atom. The Hall–Kier alpha value is -2.08. The fourth-order valence-electron chi connectivity index (χ4n) is 1.60. The Bertz CT molecular complexity index is 690. The van der Waals surface area contributed by atoms with Crippen LogP contribution in [-0.2, 0) is 6.54 Å². The van der Waals surface area contributed by atoms with E-state index in [4.69, 9.17) is 16.1 Å². The van der Waals surface area contributed by atoms with Crippen LogP contribution < -0.4 is 5.32 Å². The summed E-state index contributed by atoms with van der Waals surface area (Å²) >= 11 is 5.87. The Morgan fingerprint density at radius 1 is 1.44 bits per heavy atom. The fraction of sp³-hybridized carbons (Fsp3) is 0.182. The minimum absolute atomic E-state index is 0.492. The van der Waals surface area contributed by atoms with Crippen LogP contribution >= 0.6 is 11.6 Å². The molecule has 0 bridgehead atoms. The molecule has 0 spiro atoms. The van der Waals surface area contributed by atoms with Crippen molar-refractivity contribution in [1.29, 1.82) is 0 Å². The van der Waals surface area contributed by atoms with Gasteiger partial charge in [0.05, 0.1) is 17.3 Å². The van der Waals surface area contributed by atoms with Crippen LogP contribution in [0.25, 0.3) is 5.65 Å². The molecule has 3 rings (SSSR count). The topological polar surface area (TPSA) is 68.2 Å². The van der Waals surface area contributed by atoms with Gasteiger partial charge in [-0.15, -0.1) is 5.10 Å². The van der Waals surface area contributed by atoms with Crippen LogP contribution in [-0.4, -0.2) is 19.8 Å². The summed E-state index contributed by atoms with van der Waals surface area (Å²) < 4.78 is 6.70. The average Bonchev–Trinajstić information content (AvgIpc) is 2.92. The lowest BCUT2D eigenvalue weighted by molar-refractivity contribution is 0.384. The van der Waals surface area contributed by atoms with Crippen LogP contribution in [0.5, 0.6) is 0 Å². The lowest BCUT2D eigenvalue weighted by atomic mass is 10.4. The number of aromatic nitrogens is 4. The molecule has 18 heavy (non-hydrogen) atoms. The highest BCUT2D eigenvalue weighted by molar-refractivity contribution is 6.30. The van der Waals surface area contributed by atoms with Gasteiger partial charge in [-0.2, -0.15) is 4.98 Å². The molecule has 6 nitrogen and oxygen atoms in total. The smallest absolute Gasteiger partial charge is 0.243 e. The predicted molar refractivity (Wildman–Crippen MR) is 66.6 cm³/mol. The molecule has 0 amide bonds. The molecule has 0 aliphatic rings. The fourth-order valence-corrected chi connectivity index (χ4v) is 1.75. The molecule has 0 saturated carbocycles. The minimum Gasteiger partial charge on any atom is -0.359 e. The number of fused-ring (bicyclic) bond motifs is 1. The molecule has 0 aliphatic heterocycles. The number of hydrogen-bond acceptors (Lipinski definition) is 5.